The minimum absolute atomic E-state index is 0.0857. The molecule has 0 radical (unpaired) electrons. The molecule has 0 saturated carbocycles. The SMILES string of the molecule is O=C(c1ccc([N+](=O)[O-])cc1)C1C(c2ccccc2F)C2(C(=O)c3ccccc3C2=O)C2C=Cc3ccccc3N12. The van der Waals surface area contributed by atoms with E-state index in [2.05, 4.69) is 0 Å². The van der Waals surface area contributed by atoms with E-state index in [0.29, 0.717) is 5.69 Å². The van der Waals surface area contributed by atoms with Crippen molar-refractivity contribution >= 4 is 34.8 Å². The quantitative estimate of drug-likeness (QED) is 0.134. The number of fused-ring (bicyclic) bond motifs is 5. The summed E-state index contributed by atoms with van der Waals surface area (Å²) in [4.78, 5) is 56.1. The monoisotopic (exact) mass is 544 g/mol. The molecular weight excluding hydrogens is 523 g/mol. The second-order valence-corrected chi connectivity index (χ2v) is 10.5. The van der Waals surface area contributed by atoms with Crippen molar-refractivity contribution in [1.82, 2.24) is 0 Å². The molecule has 41 heavy (non-hydrogen) atoms. The first-order valence-electron chi connectivity index (χ1n) is 13.1. The van der Waals surface area contributed by atoms with Gasteiger partial charge >= 0.3 is 0 Å². The van der Waals surface area contributed by atoms with E-state index in [1.54, 1.807) is 47.4 Å². The normalized spacial score (nSPS) is 21.5. The van der Waals surface area contributed by atoms with E-state index in [9.17, 15) is 24.5 Å². The molecule has 1 saturated heterocycles. The molecular formula is C33H21FN2O5. The Balaban J connectivity index is 1.53. The van der Waals surface area contributed by atoms with E-state index in [-0.39, 0.29) is 27.9 Å². The number of hydrogen-bond donors (Lipinski definition) is 0. The summed E-state index contributed by atoms with van der Waals surface area (Å²) in [6.45, 7) is 0. The predicted molar refractivity (Wildman–Crippen MR) is 150 cm³/mol. The van der Waals surface area contributed by atoms with Crippen LogP contribution in [0, 0.1) is 21.3 Å². The Bertz CT molecular complexity index is 1790. The van der Waals surface area contributed by atoms with Crippen LogP contribution in [0.5, 0.6) is 0 Å². The van der Waals surface area contributed by atoms with Gasteiger partial charge in [0.25, 0.3) is 5.69 Å². The fourth-order valence-electron chi connectivity index (χ4n) is 6.91. The minimum atomic E-state index is -1.82. The zero-order chi connectivity index (χ0) is 28.5. The van der Waals surface area contributed by atoms with E-state index >= 15 is 4.39 Å². The van der Waals surface area contributed by atoms with Gasteiger partial charge in [-0.3, -0.25) is 24.5 Å². The highest BCUT2D eigenvalue weighted by Crippen LogP contribution is 2.61. The van der Waals surface area contributed by atoms with Crippen molar-refractivity contribution < 1.29 is 23.7 Å². The van der Waals surface area contributed by atoms with Gasteiger partial charge < -0.3 is 4.90 Å². The first kappa shape index (κ1) is 24.8. The van der Waals surface area contributed by atoms with Gasteiger partial charge in [0.05, 0.1) is 11.0 Å². The second-order valence-electron chi connectivity index (χ2n) is 10.5. The van der Waals surface area contributed by atoms with Gasteiger partial charge in [-0.2, -0.15) is 0 Å². The third-order valence-electron chi connectivity index (χ3n) is 8.58. The summed E-state index contributed by atoms with van der Waals surface area (Å²) in [5, 5.41) is 11.3. The Kier molecular flexibility index (Phi) is 5.37. The Morgan fingerprint density at radius 1 is 0.829 bits per heavy atom. The van der Waals surface area contributed by atoms with Crippen LogP contribution < -0.4 is 4.90 Å². The van der Waals surface area contributed by atoms with Crippen molar-refractivity contribution in [2.24, 2.45) is 5.41 Å². The molecule has 4 aromatic carbocycles. The molecule has 1 fully saturated rings. The van der Waals surface area contributed by atoms with Crippen LogP contribution in [0.25, 0.3) is 6.08 Å². The topological polar surface area (TPSA) is 97.6 Å². The van der Waals surface area contributed by atoms with Gasteiger partial charge in [-0.1, -0.05) is 72.8 Å². The lowest BCUT2D eigenvalue weighted by Gasteiger charge is -2.37. The Morgan fingerprint density at radius 3 is 2.10 bits per heavy atom. The number of ketones is 3. The lowest BCUT2D eigenvalue weighted by atomic mass is 9.64. The highest BCUT2D eigenvalue weighted by Gasteiger charge is 2.71. The summed E-state index contributed by atoms with van der Waals surface area (Å²) in [5.41, 5.74) is 0.138. The number of nitro benzene ring substituents is 1. The maximum Gasteiger partial charge on any atom is 0.269 e. The van der Waals surface area contributed by atoms with Gasteiger partial charge in [0.15, 0.2) is 17.3 Å². The number of carbonyl (C=O) groups excluding carboxylic acids is 3. The molecule has 0 aromatic heterocycles. The lowest BCUT2D eigenvalue weighted by Crippen LogP contribution is -2.48. The van der Waals surface area contributed by atoms with Crippen LogP contribution in [0.3, 0.4) is 0 Å². The summed E-state index contributed by atoms with van der Waals surface area (Å²) in [6, 6.07) is 22.9. The van der Waals surface area contributed by atoms with Crippen LogP contribution >= 0.6 is 0 Å². The minimum Gasteiger partial charge on any atom is -0.352 e. The van der Waals surface area contributed by atoms with E-state index in [4.69, 9.17) is 0 Å². The summed E-state index contributed by atoms with van der Waals surface area (Å²) in [5.74, 6) is -3.21. The number of Topliss-reactive ketones (excluding diaryl/α,β-unsaturated/α-hetero) is 3. The predicted octanol–water partition coefficient (Wildman–Crippen LogP) is 6.05. The number of para-hydroxylation sites is 1. The van der Waals surface area contributed by atoms with Crippen LogP contribution in [-0.4, -0.2) is 34.4 Å². The van der Waals surface area contributed by atoms with Gasteiger partial charge in [0, 0.05) is 40.4 Å². The number of anilines is 1. The fourth-order valence-corrected chi connectivity index (χ4v) is 6.91. The number of benzene rings is 4. The lowest BCUT2D eigenvalue weighted by molar-refractivity contribution is -0.384. The number of non-ortho nitro benzene ring substituents is 1. The zero-order valence-electron chi connectivity index (χ0n) is 21.4. The Labute approximate surface area is 233 Å². The molecule has 0 bridgehead atoms. The number of hydrogen-bond acceptors (Lipinski definition) is 6. The van der Waals surface area contributed by atoms with E-state index in [0.717, 1.165) is 5.56 Å². The van der Waals surface area contributed by atoms with E-state index < -0.39 is 51.5 Å². The summed E-state index contributed by atoms with van der Waals surface area (Å²) in [7, 11) is 0. The largest absolute Gasteiger partial charge is 0.352 e. The van der Waals surface area contributed by atoms with Gasteiger partial charge in [0.2, 0.25) is 0 Å². The number of nitro groups is 1. The van der Waals surface area contributed by atoms with Crippen molar-refractivity contribution in [1.29, 1.82) is 0 Å². The van der Waals surface area contributed by atoms with Crippen molar-refractivity contribution in [3.63, 3.8) is 0 Å². The molecule has 0 N–H and O–H groups in total. The van der Waals surface area contributed by atoms with Crippen LogP contribution in [0.15, 0.2) is 103 Å². The highest BCUT2D eigenvalue weighted by atomic mass is 19.1. The van der Waals surface area contributed by atoms with E-state index in [1.807, 2.05) is 24.3 Å². The standard InChI is InChI=1S/C33H21FN2O5/c34-25-11-5-4-10-24(25)28-29(30(37)20-13-16-21(17-14-20)36(40)41)35-26-12-6-1-7-19(26)15-18-27(35)33(28)31(38)22-8-2-3-9-23(22)32(33)39/h1-18,27-29H. The molecule has 3 unspecified atom stereocenters. The maximum absolute atomic E-state index is 15.8. The van der Waals surface area contributed by atoms with Crippen molar-refractivity contribution in [2.45, 2.75) is 18.0 Å². The molecule has 2 heterocycles. The van der Waals surface area contributed by atoms with Crippen molar-refractivity contribution in [2.75, 3.05) is 4.90 Å². The maximum atomic E-state index is 15.8. The summed E-state index contributed by atoms with van der Waals surface area (Å²) in [6.07, 6.45) is 3.60. The molecule has 8 heteroatoms. The molecule has 7 rings (SSSR count). The molecule has 3 atom stereocenters. The number of rotatable bonds is 4. The van der Waals surface area contributed by atoms with Crippen molar-refractivity contribution in [3.8, 4) is 0 Å². The van der Waals surface area contributed by atoms with Gasteiger partial charge in [-0.05, 0) is 35.4 Å². The van der Waals surface area contributed by atoms with Gasteiger partial charge in [-0.15, -0.1) is 0 Å². The first-order chi connectivity index (χ1) is 19.9. The van der Waals surface area contributed by atoms with Crippen LogP contribution in [-0.2, 0) is 0 Å². The Hall–Kier alpha value is -5.24. The first-order valence-corrected chi connectivity index (χ1v) is 13.1. The number of nitrogens with zero attached hydrogens (tertiary/aromatic N) is 2. The number of carbonyl (C=O) groups is 3. The zero-order valence-corrected chi connectivity index (χ0v) is 21.4. The van der Waals surface area contributed by atoms with Crippen LogP contribution in [0.1, 0.15) is 48.1 Å². The molecule has 3 aliphatic rings. The Morgan fingerprint density at radius 2 is 1.44 bits per heavy atom. The second kappa shape index (κ2) is 8.89. The third kappa shape index (κ3) is 3.27. The smallest absolute Gasteiger partial charge is 0.269 e. The molecule has 2 aliphatic heterocycles. The van der Waals surface area contributed by atoms with Gasteiger partial charge in [-0.25, -0.2) is 4.39 Å². The average molecular weight is 545 g/mol. The molecule has 4 aromatic rings. The molecule has 0 amide bonds. The average Bonchev–Trinajstić information content (AvgIpc) is 3.43. The summed E-state index contributed by atoms with van der Waals surface area (Å²) < 4.78 is 15.8. The third-order valence-corrected chi connectivity index (χ3v) is 8.58. The van der Waals surface area contributed by atoms with Crippen LogP contribution in [0.2, 0.25) is 0 Å². The molecule has 1 aliphatic carbocycles. The van der Waals surface area contributed by atoms with Crippen molar-refractivity contribution in [3.05, 3.63) is 147 Å². The van der Waals surface area contributed by atoms with Crippen LogP contribution in [0.4, 0.5) is 15.8 Å². The number of halogens is 1. The fraction of sp³-hybridized carbons (Fsp3) is 0.121. The molecule has 7 nitrogen and oxygen atoms in total. The summed E-state index contributed by atoms with van der Waals surface area (Å²) >= 11 is 0. The highest BCUT2D eigenvalue weighted by molar-refractivity contribution is 6.32. The van der Waals surface area contributed by atoms with Gasteiger partial charge in [0.1, 0.15) is 17.3 Å². The molecule has 200 valence electrons. The van der Waals surface area contributed by atoms with E-state index in [1.165, 1.54) is 42.5 Å². The molecule has 1 spiro atoms.